The van der Waals surface area contributed by atoms with E-state index in [2.05, 4.69) is 20.6 Å². The SMILES string of the molecule is COCCN1CC(NC(=O)Nc2c(C)c(=O)[nH]n2-c2ccccc2)[C@H](c2ccc(F)c(Cl)c2)C1. The molecule has 4 rings (SSSR count). The maximum absolute atomic E-state index is 13.7. The lowest BCUT2D eigenvalue weighted by Gasteiger charge is -2.21. The minimum absolute atomic E-state index is 0.0471. The highest BCUT2D eigenvalue weighted by molar-refractivity contribution is 6.30. The number of H-pyrrole nitrogens is 1. The van der Waals surface area contributed by atoms with Crippen molar-refractivity contribution in [3.63, 3.8) is 0 Å². The molecule has 8 nitrogen and oxygen atoms in total. The van der Waals surface area contributed by atoms with E-state index in [1.807, 2.05) is 30.3 Å². The van der Waals surface area contributed by atoms with Crippen molar-refractivity contribution in [1.82, 2.24) is 20.0 Å². The summed E-state index contributed by atoms with van der Waals surface area (Å²) in [6.07, 6.45) is 0. The van der Waals surface area contributed by atoms with Crippen LogP contribution in [0.1, 0.15) is 17.0 Å². The molecule has 2 aromatic carbocycles. The van der Waals surface area contributed by atoms with Crippen LogP contribution in [0.15, 0.2) is 53.3 Å². The van der Waals surface area contributed by atoms with Crippen LogP contribution in [-0.4, -0.2) is 60.1 Å². The number of amides is 2. The number of anilines is 1. The maximum Gasteiger partial charge on any atom is 0.320 e. The van der Waals surface area contributed by atoms with Crippen LogP contribution < -0.4 is 16.2 Å². The molecule has 1 aliphatic rings. The van der Waals surface area contributed by atoms with Gasteiger partial charge in [-0.3, -0.25) is 20.1 Å². The molecule has 180 valence electrons. The summed E-state index contributed by atoms with van der Waals surface area (Å²) in [5.41, 5.74) is 1.67. The van der Waals surface area contributed by atoms with Gasteiger partial charge in [-0.05, 0) is 36.8 Å². The Kier molecular flexibility index (Phi) is 7.35. The first-order valence-corrected chi connectivity index (χ1v) is 11.4. The Morgan fingerprint density at radius 1 is 1.24 bits per heavy atom. The summed E-state index contributed by atoms with van der Waals surface area (Å²) in [5, 5.41) is 8.66. The molecular weight excluding hydrogens is 461 g/mol. The van der Waals surface area contributed by atoms with Gasteiger partial charge in [0.15, 0.2) is 0 Å². The van der Waals surface area contributed by atoms with Crippen molar-refractivity contribution in [2.75, 3.05) is 38.7 Å². The zero-order valence-electron chi connectivity index (χ0n) is 19.0. The van der Waals surface area contributed by atoms with E-state index >= 15 is 0 Å². The summed E-state index contributed by atoms with van der Waals surface area (Å²) >= 11 is 6.02. The van der Waals surface area contributed by atoms with Crippen LogP contribution in [-0.2, 0) is 4.74 Å². The maximum atomic E-state index is 13.7. The van der Waals surface area contributed by atoms with Gasteiger partial charge in [-0.1, -0.05) is 35.9 Å². The molecule has 34 heavy (non-hydrogen) atoms. The number of halogens is 2. The number of hydrogen-bond donors (Lipinski definition) is 3. The van der Waals surface area contributed by atoms with Crippen molar-refractivity contribution in [3.8, 4) is 5.69 Å². The van der Waals surface area contributed by atoms with Crippen molar-refractivity contribution in [2.24, 2.45) is 0 Å². The van der Waals surface area contributed by atoms with E-state index in [1.54, 1.807) is 30.8 Å². The Hall–Kier alpha value is -3.14. The first kappa shape index (κ1) is 24.0. The molecule has 0 spiro atoms. The largest absolute Gasteiger partial charge is 0.383 e. The number of carbonyl (C=O) groups excluding carboxylic acids is 1. The van der Waals surface area contributed by atoms with Crippen molar-refractivity contribution in [3.05, 3.63) is 80.9 Å². The number of benzene rings is 2. The fourth-order valence-electron chi connectivity index (χ4n) is 4.26. The molecule has 1 saturated heterocycles. The highest BCUT2D eigenvalue weighted by atomic mass is 35.5. The van der Waals surface area contributed by atoms with Gasteiger partial charge in [-0.15, -0.1) is 0 Å². The van der Waals surface area contributed by atoms with Crippen LogP contribution in [0.3, 0.4) is 0 Å². The molecule has 2 amide bonds. The summed E-state index contributed by atoms with van der Waals surface area (Å²) in [5.74, 6) is -0.211. The highest BCUT2D eigenvalue weighted by Gasteiger charge is 2.35. The van der Waals surface area contributed by atoms with Gasteiger partial charge in [-0.25, -0.2) is 13.9 Å². The van der Waals surface area contributed by atoms with Crippen molar-refractivity contribution >= 4 is 23.4 Å². The number of aromatic nitrogens is 2. The van der Waals surface area contributed by atoms with Crippen molar-refractivity contribution in [1.29, 1.82) is 0 Å². The number of hydrogen-bond acceptors (Lipinski definition) is 4. The molecule has 3 aromatic rings. The van der Waals surface area contributed by atoms with Crippen LogP contribution in [0, 0.1) is 12.7 Å². The average molecular weight is 488 g/mol. The molecule has 2 atom stereocenters. The van der Waals surface area contributed by atoms with E-state index < -0.39 is 11.8 Å². The molecule has 1 fully saturated rings. The number of nitrogens with zero attached hydrogens (tertiary/aromatic N) is 2. The number of urea groups is 1. The number of para-hydroxylation sites is 1. The fourth-order valence-corrected chi connectivity index (χ4v) is 4.45. The predicted octanol–water partition coefficient (Wildman–Crippen LogP) is 3.50. The van der Waals surface area contributed by atoms with E-state index in [0.29, 0.717) is 43.3 Å². The smallest absolute Gasteiger partial charge is 0.320 e. The summed E-state index contributed by atoms with van der Waals surface area (Å²) < 4.78 is 20.5. The number of ether oxygens (including phenoxy) is 1. The lowest BCUT2D eigenvalue weighted by atomic mass is 9.94. The van der Waals surface area contributed by atoms with Crippen LogP contribution in [0.25, 0.3) is 5.69 Å². The minimum Gasteiger partial charge on any atom is -0.383 e. The van der Waals surface area contributed by atoms with Gasteiger partial charge in [0.25, 0.3) is 5.56 Å². The minimum atomic E-state index is -0.483. The van der Waals surface area contributed by atoms with Gasteiger partial charge in [-0.2, -0.15) is 0 Å². The van der Waals surface area contributed by atoms with E-state index in [1.165, 1.54) is 6.07 Å². The van der Waals surface area contributed by atoms with Crippen LogP contribution >= 0.6 is 11.6 Å². The molecule has 10 heteroatoms. The lowest BCUT2D eigenvalue weighted by molar-refractivity contribution is 0.159. The monoisotopic (exact) mass is 487 g/mol. The number of rotatable bonds is 7. The number of nitrogens with one attached hydrogen (secondary N) is 3. The molecule has 0 aliphatic carbocycles. The lowest BCUT2D eigenvalue weighted by Crippen LogP contribution is -2.42. The topological polar surface area (TPSA) is 91.4 Å². The molecule has 0 radical (unpaired) electrons. The first-order valence-electron chi connectivity index (χ1n) is 11.0. The number of carbonyl (C=O) groups is 1. The fraction of sp³-hybridized carbons (Fsp3) is 0.333. The second kappa shape index (κ2) is 10.4. The summed E-state index contributed by atoms with van der Waals surface area (Å²) in [4.78, 5) is 27.5. The van der Waals surface area contributed by atoms with Gasteiger partial charge in [0, 0.05) is 32.7 Å². The van der Waals surface area contributed by atoms with Crippen molar-refractivity contribution < 1.29 is 13.9 Å². The molecule has 3 N–H and O–H groups in total. The first-order chi connectivity index (χ1) is 16.4. The number of methoxy groups -OCH3 is 1. The van der Waals surface area contributed by atoms with E-state index in [-0.39, 0.29) is 22.5 Å². The standard InChI is InChI=1S/C24H27ClFN5O3/c1-15-22(31(29-23(15)32)17-6-4-3-5-7-17)28-24(33)27-21-14-30(10-11-34-2)13-18(21)16-8-9-20(26)19(25)12-16/h3-9,12,18,21H,10-11,13-14H2,1-2H3,(H,29,32)(H2,27,28,33)/t18-,21?/m0/s1. The quantitative estimate of drug-likeness (QED) is 0.475. The van der Waals surface area contributed by atoms with E-state index in [0.717, 1.165) is 5.56 Å². The number of aromatic amines is 1. The molecule has 2 heterocycles. The second-order valence-corrected chi connectivity index (χ2v) is 8.73. The van der Waals surface area contributed by atoms with Crippen LogP contribution in [0.4, 0.5) is 15.0 Å². The Balaban J connectivity index is 1.55. The molecule has 1 aromatic heterocycles. The van der Waals surface area contributed by atoms with Gasteiger partial charge in [0.05, 0.1) is 28.9 Å². The van der Waals surface area contributed by atoms with Crippen LogP contribution in [0.5, 0.6) is 0 Å². The van der Waals surface area contributed by atoms with E-state index in [4.69, 9.17) is 16.3 Å². The Morgan fingerprint density at radius 3 is 2.71 bits per heavy atom. The Labute approximate surface area is 201 Å². The zero-order chi connectivity index (χ0) is 24.2. The summed E-state index contributed by atoms with van der Waals surface area (Å²) in [7, 11) is 1.64. The molecular formula is C24H27ClFN5O3. The molecule has 0 saturated carbocycles. The second-order valence-electron chi connectivity index (χ2n) is 8.32. The normalized spacial score (nSPS) is 18.2. The Morgan fingerprint density at radius 2 is 2.00 bits per heavy atom. The Bertz CT molecular complexity index is 1210. The third kappa shape index (κ3) is 5.16. The average Bonchev–Trinajstić information content (AvgIpc) is 3.35. The van der Waals surface area contributed by atoms with Gasteiger partial charge in [0.1, 0.15) is 11.6 Å². The predicted molar refractivity (Wildman–Crippen MR) is 130 cm³/mol. The molecule has 1 unspecified atom stereocenters. The van der Waals surface area contributed by atoms with Gasteiger partial charge < -0.3 is 10.1 Å². The van der Waals surface area contributed by atoms with Gasteiger partial charge >= 0.3 is 6.03 Å². The molecule has 0 bridgehead atoms. The third-order valence-electron chi connectivity index (χ3n) is 6.07. The van der Waals surface area contributed by atoms with Crippen LogP contribution in [0.2, 0.25) is 5.02 Å². The van der Waals surface area contributed by atoms with E-state index in [9.17, 15) is 14.0 Å². The zero-order valence-corrected chi connectivity index (χ0v) is 19.7. The third-order valence-corrected chi connectivity index (χ3v) is 6.36. The van der Waals surface area contributed by atoms with Gasteiger partial charge in [0.2, 0.25) is 0 Å². The summed E-state index contributed by atoms with van der Waals surface area (Å²) in [6, 6.07) is 13.2. The molecule has 1 aliphatic heterocycles. The van der Waals surface area contributed by atoms with Crippen molar-refractivity contribution in [2.45, 2.75) is 18.9 Å². The highest BCUT2D eigenvalue weighted by Crippen LogP contribution is 2.30. The number of likely N-dealkylation sites (tertiary alicyclic amines) is 1. The summed E-state index contributed by atoms with van der Waals surface area (Å²) in [6.45, 7) is 4.16.